The molecule has 0 aromatic carbocycles. The molecule has 0 amide bonds. The van der Waals surface area contributed by atoms with Crippen molar-refractivity contribution in [3.05, 3.63) is 23.5 Å². The van der Waals surface area contributed by atoms with E-state index >= 15 is 0 Å². The van der Waals surface area contributed by atoms with Crippen LogP contribution in [0.25, 0.3) is 11.0 Å². The Bertz CT molecular complexity index is 574. The number of anilines is 1. The zero-order chi connectivity index (χ0) is 11.7. The van der Waals surface area contributed by atoms with Crippen LogP contribution in [-0.2, 0) is 4.74 Å². The largest absolute Gasteiger partial charge is 0.465 e. The smallest absolute Gasteiger partial charge is 0.340 e. The fraction of sp³-hybridized carbons (Fsp3) is 0.100. The van der Waals surface area contributed by atoms with Gasteiger partial charge >= 0.3 is 5.97 Å². The van der Waals surface area contributed by atoms with Gasteiger partial charge in [0.05, 0.1) is 30.3 Å². The predicted molar refractivity (Wildman–Crippen MR) is 57.2 cm³/mol. The molecular formula is C10H9N3O3. The Morgan fingerprint density at radius 3 is 3.00 bits per heavy atom. The molecule has 0 fully saturated rings. The van der Waals surface area contributed by atoms with Crippen LogP contribution >= 0.6 is 0 Å². The molecule has 0 aliphatic heterocycles. The molecule has 0 spiro atoms. The number of H-pyrrole nitrogens is 1. The second-order valence-corrected chi connectivity index (χ2v) is 3.18. The number of fused-ring (bicyclic) bond motifs is 1. The average Bonchev–Trinajstić information content (AvgIpc) is 2.71. The maximum absolute atomic E-state index is 11.5. The van der Waals surface area contributed by atoms with E-state index in [0.29, 0.717) is 23.0 Å². The van der Waals surface area contributed by atoms with Gasteiger partial charge in [0.1, 0.15) is 5.65 Å². The van der Waals surface area contributed by atoms with Gasteiger partial charge in [0.15, 0.2) is 6.29 Å². The number of methoxy groups -OCH3 is 1. The quantitative estimate of drug-likeness (QED) is 0.573. The normalized spacial score (nSPS) is 10.3. The summed E-state index contributed by atoms with van der Waals surface area (Å²) < 4.78 is 4.62. The van der Waals surface area contributed by atoms with Crippen molar-refractivity contribution in [1.82, 2.24) is 9.97 Å². The number of aldehydes is 1. The maximum atomic E-state index is 11.5. The number of pyridine rings is 1. The molecule has 0 saturated heterocycles. The number of aromatic amines is 1. The van der Waals surface area contributed by atoms with Gasteiger partial charge in [0.25, 0.3) is 0 Å². The third-order valence-electron chi connectivity index (χ3n) is 2.22. The Morgan fingerprint density at radius 2 is 2.38 bits per heavy atom. The summed E-state index contributed by atoms with van der Waals surface area (Å²) in [4.78, 5) is 28.8. The van der Waals surface area contributed by atoms with Crippen molar-refractivity contribution in [3.63, 3.8) is 0 Å². The summed E-state index contributed by atoms with van der Waals surface area (Å²) in [5.74, 6) is -0.554. The fourth-order valence-corrected chi connectivity index (χ4v) is 1.50. The summed E-state index contributed by atoms with van der Waals surface area (Å²) in [5.41, 5.74) is 6.85. The number of nitrogens with two attached hydrogens (primary N) is 1. The van der Waals surface area contributed by atoms with Crippen LogP contribution in [0.4, 0.5) is 5.69 Å². The molecule has 6 nitrogen and oxygen atoms in total. The van der Waals surface area contributed by atoms with Crippen molar-refractivity contribution >= 4 is 29.0 Å². The molecule has 0 saturated carbocycles. The molecule has 0 unspecified atom stereocenters. The molecule has 82 valence electrons. The number of ether oxygens (including phenoxy) is 1. The Labute approximate surface area is 90.4 Å². The summed E-state index contributed by atoms with van der Waals surface area (Å²) in [6.07, 6.45) is 1.98. The van der Waals surface area contributed by atoms with E-state index in [1.165, 1.54) is 19.4 Å². The number of carbonyl (C=O) groups excluding carboxylic acids is 2. The van der Waals surface area contributed by atoms with Gasteiger partial charge in [-0.05, 0) is 6.07 Å². The highest BCUT2D eigenvalue weighted by molar-refractivity contribution is 6.08. The van der Waals surface area contributed by atoms with Crippen molar-refractivity contribution in [2.24, 2.45) is 0 Å². The Morgan fingerprint density at radius 1 is 1.62 bits per heavy atom. The zero-order valence-electron chi connectivity index (χ0n) is 8.48. The molecule has 2 heterocycles. The van der Waals surface area contributed by atoms with Crippen LogP contribution in [0, 0.1) is 0 Å². The second kappa shape index (κ2) is 3.65. The van der Waals surface area contributed by atoms with Gasteiger partial charge in [-0.15, -0.1) is 0 Å². The Balaban J connectivity index is 2.77. The number of hydrogen-bond donors (Lipinski definition) is 2. The molecule has 0 bridgehead atoms. The van der Waals surface area contributed by atoms with E-state index in [1.807, 2.05) is 0 Å². The number of nitrogen functional groups attached to an aromatic ring is 1. The van der Waals surface area contributed by atoms with E-state index in [0.717, 1.165) is 0 Å². The van der Waals surface area contributed by atoms with Crippen molar-refractivity contribution < 1.29 is 14.3 Å². The SMILES string of the molecule is COC(=O)c1c(N)cnc2[nH]c(C=O)cc12. The number of rotatable bonds is 2. The number of hydrogen-bond acceptors (Lipinski definition) is 5. The van der Waals surface area contributed by atoms with Crippen LogP contribution in [0.2, 0.25) is 0 Å². The minimum absolute atomic E-state index is 0.218. The first kappa shape index (κ1) is 10.2. The molecule has 0 aliphatic carbocycles. The number of nitrogens with zero attached hydrogens (tertiary/aromatic N) is 1. The van der Waals surface area contributed by atoms with Gasteiger partial charge in [-0.2, -0.15) is 0 Å². The lowest BCUT2D eigenvalue weighted by Crippen LogP contribution is -2.06. The standard InChI is InChI=1S/C10H9N3O3/c1-16-10(15)8-6-2-5(4-14)13-9(6)12-3-7(8)11/h2-4H,11H2,1H3,(H,12,13). The lowest BCUT2D eigenvalue weighted by atomic mass is 10.1. The van der Waals surface area contributed by atoms with Gasteiger partial charge in [0, 0.05) is 5.39 Å². The number of nitrogens with one attached hydrogen (secondary N) is 1. The highest BCUT2D eigenvalue weighted by atomic mass is 16.5. The molecule has 2 rings (SSSR count). The topological polar surface area (TPSA) is 98.1 Å². The molecule has 16 heavy (non-hydrogen) atoms. The first-order valence-corrected chi connectivity index (χ1v) is 4.48. The molecule has 3 N–H and O–H groups in total. The van der Waals surface area contributed by atoms with Crippen LogP contribution in [0.15, 0.2) is 12.3 Å². The van der Waals surface area contributed by atoms with Crippen LogP contribution in [0.3, 0.4) is 0 Å². The van der Waals surface area contributed by atoms with Crippen molar-refractivity contribution in [2.45, 2.75) is 0 Å². The first-order valence-electron chi connectivity index (χ1n) is 4.48. The summed E-state index contributed by atoms with van der Waals surface area (Å²) in [5, 5.41) is 0.481. The second-order valence-electron chi connectivity index (χ2n) is 3.18. The van der Waals surface area contributed by atoms with Gasteiger partial charge < -0.3 is 15.5 Å². The molecule has 0 atom stereocenters. The predicted octanol–water partition coefficient (Wildman–Crippen LogP) is 0.744. The molecular weight excluding hydrogens is 210 g/mol. The third-order valence-corrected chi connectivity index (χ3v) is 2.22. The van der Waals surface area contributed by atoms with E-state index in [1.54, 1.807) is 0 Å². The van der Waals surface area contributed by atoms with Crippen LogP contribution in [0.1, 0.15) is 20.8 Å². The summed E-state index contributed by atoms with van der Waals surface area (Å²) in [7, 11) is 1.27. The fourth-order valence-electron chi connectivity index (χ4n) is 1.50. The first-order chi connectivity index (χ1) is 7.67. The van der Waals surface area contributed by atoms with E-state index in [9.17, 15) is 9.59 Å². The number of carbonyl (C=O) groups is 2. The lowest BCUT2D eigenvalue weighted by Gasteiger charge is -2.03. The van der Waals surface area contributed by atoms with Crippen LogP contribution < -0.4 is 5.73 Å². The van der Waals surface area contributed by atoms with E-state index in [4.69, 9.17) is 5.73 Å². The van der Waals surface area contributed by atoms with Crippen LogP contribution in [0.5, 0.6) is 0 Å². The summed E-state index contributed by atoms with van der Waals surface area (Å²) >= 11 is 0. The summed E-state index contributed by atoms with van der Waals surface area (Å²) in [6, 6.07) is 1.51. The van der Waals surface area contributed by atoms with Crippen LogP contribution in [-0.4, -0.2) is 29.3 Å². The van der Waals surface area contributed by atoms with Gasteiger partial charge in [0.2, 0.25) is 0 Å². The molecule has 2 aromatic heterocycles. The van der Waals surface area contributed by atoms with Crippen molar-refractivity contribution in [1.29, 1.82) is 0 Å². The molecule has 6 heteroatoms. The molecule has 2 aromatic rings. The summed E-state index contributed by atoms with van der Waals surface area (Å²) in [6.45, 7) is 0. The number of aromatic nitrogens is 2. The number of esters is 1. The van der Waals surface area contributed by atoms with Gasteiger partial charge in [-0.25, -0.2) is 9.78 Å². The highest BCUT2D eigenvalue weighted by Gasteiger charge is 2.17. The van der Waals surface area contributed by atoms with Crippen molar-refractivity contribution in [3.8, 4) is 0 Å². The van der Waals surface area contributed by atoms with Crippen molar-refractivity contribution in [2.75, 3.05) is 12.8 Å². The zero-order valence-corrected chi connectivity index (χ0v) is 8.48. The van der Waals surface area contributed by atoms with E-state index < -0.39 is 5.97 Å². The van der Waals surface area contributed by atoms with Gasteiger partial charge in [-0.3, -0.25) is 4.79 Å². The maximum Gasteiger partial charge on any atom is 0.340 e. The highest BCUT2D eigenvalue weighted by Crippen LogP contribution is 2.23. The average molecular weight is 219 g/mol. The minimum atomic E-state index is -0.554. The van der Waals surface area contributed by atoms with E-state index in [2.05, 4.69) is 14.7 Å². The molecule has 0 aliphatic rings. The van der Waals surface area contributed by atoms with Gasteiger partial charge in [-0.1, -0.05) is 0 Å². The Kier molecular flexibility index (Phi) is 2.32. The van der Waals surface area contributed by atoms with E-state index in [-0.39, 0.29) is 11.3 Å². The lowest BCUT2D eigenvalue weighted by molar-refractivity contribution is 0.0604. The third kappa shape index (κ3) is 1.40. The minimum Gasteiger partial charge on any atom is -0.465 e. The molecule has 0 radical (unpaired) electrons. The monoisotopic (exact) mass is 219 g/mol. The Hall–Kier alpha value is -2.37.